The van der Waals surface area contributed by atoms with E-state index in [-0.39, 0.29) is 11.9 Å². The Labute approximate surface area is 126 Å². The normalized spacial score (nSPS) is 18.7. The van der Waals surface area contributed by atoms with Crippen LogP contribution in [0.2, 0.25) is 0 Å². The van der Waals surface area contributed by atoms with Gasteiger partial charge in [-0.25, -0.2) is 4.39 Å². The van der Waals surface area contributed by atoms with Gasteiger partial charge in [-0.3, -0.25) is 9.69 Å². The number of aryl methyl sites for hydroxylation is 1. The Hall–Kier alpha value is -2.35. The number of benzene rings is 1. The highest BCUT2D eigenvalue weighted by Crippen LogP contribution is 2.21. The van der Waals surface area contributed by atoms with Gasteiger partial charge >= 0.3 is 0 Å². The molecule has 22 heavy (non-hydrogen) atoms. The molecule has 1 atom stereocenters. The number of hydrogen-bond acceptors (Lipinski definition) is 5. The lowest BCUT2D eigenvalue weighted by atomic mass is 10.2. The number of rotatable bonds is 4. The Morgan fingerprint density at radius 2 is 2.32 bits per heavy atom. The van der Waals surface area contributed by atoms with E-state index in [4.69, 9.17) is 5.73 Å². The first-order valence-electron chi connectivity index (χ1n) is 7.13. The minimum atomic E-state index is -0.396. The predicted octanol–water partition coefficient (Wildman–Crippen LogP) is 0.560. The highest BCUT2D eigenvalue weighted by molar-refractivity contribution is 5.80. The number of aromatic nitrogens is 4. The van der Waals surface area contributed by atoms with Crippen molar-refractivity contribution in [3.05, 3.63) is 35.4 Å². The second-order valence-electron chi connectivity index (χ2n) is 5.49. The maximum atomic E-state index is 14.0. The lowest BCUT2D eigenvalue weighted by molar-refractivity contribution is -0.122. The predicted molar refractivity (Wildman–Crippen MR) is 76.5 cm³/mol. The van der Waals surface area contributed by atoms with E-state index < -0.39 is 5.82 Å². The van der Waals surface area contributed by atoms with E-state index in [1.54, 1.807) is 12.1 Å². The van der Waals surface area contributed by atoms with Crippen LogP contribution in [0.3, 0.4) is 0 Å². The number of halogens is 1. The minimum Gasteiger partial charge on any atom is -0.368 e. The van der Waals surface area contributed by atoms with Crippen molar-refractivity contribution < 1.29 is 9.18 Å². The molecular formula is C14H17FN6O. The van der Waals surface area contributed by atoms with Crippen molar-refractivity contribution in [2.45, 2.75) is 32.4 Å². The molecule has 8 heteroatoms. The largest absolute Gasteiger partial charge is 0.368 e. The van der Waals surface area contributed by atoms with Gasteiger partial charge in [0.05, 0.1) is 12.6 Å². The Morgan fingerprint density at radius 3 is 3.09 bits per heavy atom. The molecule has 1 aromatic heterocycles. The van der Waals surface area contributed by atoms with Crippen LogP contribution in [0.4, 0.5) is 4.39 Å². The summed E-state index contributed by atoms with van der Waals surface area (Å²) in [6.07, 6.45) is 1.63. The fourth-order valence-corrected chi connectivity index (χ4v) is 2.80. The number of primary amides is 1. The van der Waals surface area contributed by atoms with Gasteiger partial charge in [-0.05, 0) is 54.4 Å². The number of tetrazole rings is 1. The van der Waals surface area contributed by atoms with Crippen molar-refractivity contribution in [1.29, 1.82) is 0 Å². The molecule has 2 aromatic rings. The van der Waals surface area contributed by atoms with Crippen LogP contribution in [0.15, 0.2) is 18.2 Å². The Kier molecular flexibility index (Phi) is 3.84. The molecule has 0 unspecified atom stereocenters. The molecule has 1 saturated heterocycles. The fraction of sp³-hybridized carbons (Fsp3) is 0.429. The van der Waals surface area contributed by atoms with Gasteiger partial charge in [0, 0.05) is 0 Å². The first-order chi connectivity index (χ1) is 10.6. The van der Waals surface area contributed by atoms with Crippen molar-refractivity contribution in [1.82, 2.24) is 25.1 Å². The molecule has 2 N–H and O–H groups in total. The van der Waals surface area contributed by atoms with Crippen LogP contribution in [0, 0.1) is 12.7 Å². The van der Waals surface area contributed by atoms with Crippen LogP contribution in [0.5, 0.6) is 0 Å². The zero-order valence-corrected chi connectivity index (χ0v) is 12.2. The van der Waals surface area contributed by atoms with E-state index in [1.165, 1.54) is 10.7 Å². The molecule has 0 aliphatic carbocycles. The van der Waals surface area contributed by atoms with Gasteiger partial charge in [0.2, 0.25) is 5.91 Å². The number of nitrogens with two attached hydrogens (primary N) is 1. The van der Waals surface area contributed by atoms with Crippen LogP contribution in [0.1, 0.15) is 24.2 Å². The van der Waals surface area contributed by atoms with Crippen molar-refractivity contribution in [3.8, 4) is 5.69 Å². The molecule has 1 aliphatic rings. The maximum absolute atomic E-state index is 14.0. The van der Waals surface area contributed by atoms with Gasteiger partial charge in [0.1, 0.15) is 11.5 Å². The molecule has 7 nitrogen and oxygen atoms in total. The zero-order chi connectivity index (χ0) is 15.7. The van der Waals surface area contributed by atoms with Crippen molar-refractivity contribution in [2.75, 3.05) is 6.54 Å². The summed E-state index contributed by atoms with van der Waals surface area (Å²) in [4.78, 5) is 13.4. The topological polar surface area (TPSA) is 89.9 Å². The van der Waals surface area contributed by atoms with Gasteiger partial charge in [0.25, 0.3) is 0 Å². The number of carbonyl (C=O) groups is 1. The number of carbonyl (C=O) groups excluding carboxylic acids is 1. The molecule has 2 heterocycles. The molecule has 1 fully saturated rings. The molecule has 1 amide bonds. The second-order valence-corrected chi connectivity index (χ2v) is 5.49. The third-order valence-corrected chi connectivity index (χ3v) is 3.90. The Bertz CT molecular complexity index is 700. The van der Waals surface area contributed by atoms with Crippen LogP contribution < -0.4 is 5.73 Å². The average molecular weight is 304 g/mol. The van der Waals surface area contributed by atoms with Crippen molar-refractivity contribution in [2.24, 2.45) is 5.73 Å². The van der Waals surface area contributed by atoms with Gasteiger partial charge in [-0.1, -0.05) is 6.07 Å². The van der Waals surface area contributed by atoms with E-state index >= 15 is 0 Å². The van der Waals surface area contributed by atoms with E-state index in [9.17, 15) is 9.18 Å². The zero-order valence-electron chi connectivity index (χ0n) is 12.2. The molecule has 0 radical (unpaired) electrons. The lowest BCUT2D eigenvalue weighted by Crippen LogP contribution is -2.40. The Morgan fingerprint density at radius 1 is 1.50 bits per heavy atom. The molecule has 0 spiro atoms. The van der Waals surface area contributed by atoms with E-state index in [2.05, 4.69) is 15.5 Å². The molecule has 116 valence electrons. The molecule has 1 aliphatic heterocycles. The van der Waals surface area contributed by atoms with Crippen molar-refractivity contribution in [3.63, 3.8) is 0 Å². The van der Waals surface area contributed by atoms with Crippen molar-refractivity contribution >= 4 is 5.91 Å². The van der Waals surface area contributed by atoms with E-state index in [1.807, 2.05) is 11.8 Å². The van der Waals surface area contributed by atoms with E-state index in [0.29, 0.717) is 18.1 Å². The summed E-state index contributed by atoms with van der Waals surface area (Å²) >= 11 is 0. The first kappa shape index (κ1) is 14.6. The summed E-state index contributed by atoms with van der Waals surface area (Å²) in [5, 5.41) is 11.5. The molecular weight excluding hydrogens is 287 g/mol. The summed E-state index contributed by atoms with van der Waals surface area (Å²) in [5.74, 6) is -0.261. The van der Waals surface area contributed by atoms with Crippen LogP contribution in [0.25, 0.3) is 5.69 Å². The molecule has 1 aromatic carbocycles. The molecule has 0 saturated carbocycles. The fourth-order valence-electron chi connectivity index (χ4n) is 2.80. The molecule has 0 bridgehead atoms. The van der Waals surface area contributed by atoms with Crippen LogP contribution in [-0.2, 0) is 11.3 Å². The van der Waals surface area contributed by atoms with Crippen LogP contribution in [-0.4, -0.2) is 43.6 Å². The SMILES string of the molecule is Cc1ccc(F)c(-n2nnnc2CN2CCC[C@@H]2C(N)=O)c1. The van der Waals surface area contributed by atoms with Gasteiger partial charge < -0.3 is 5.73 Å². The molecule has 3 rings (SSSR count). The maximum Gasteiger partial charge on any atom is 0.234 e. The monoisotopic (exact) mass is 304 g/mol. The van der Waals surface area contributed by atoms with Crippen LogP contribution >= 0.6 is 0 Å². The number of amides is 1. The summed E-state index contributed by atoms with van der Waals surface area (Å²) in [6, 6.07) is 4.45. The highest BCUT2D eigenvalue weighted by Gasteiger charge is 2.30. The van der Waals surface area contributed by atoms with Gasteiger partial charge in [0.15, 0.2) is 5.82 Å². The quantitative estimate of drug-likeness (QED) is 0.891. The third kappa shape index (κ3) is 2.69. The minimum absolute atomic E-state index is 0.301. The van der Waals surface area contributed by atoms with Gasteiger partial charge in [-0.2, -0.15) is 4.68 Å². The first-order valence-corrected chi connectivity index (χ1v) is 7.13. The van der Waals surface area contributed by atoms with Gasteiger partial charge in [-0.15, -0.1) is 5.10 Å². The summed E-state index contributed by atoms with van der Waals surface area (Å²) in [6.45, 7) is 2.97. The summed E-state index contributed by atoms with van der Waals surface area (Å²) in [7, 11) is 0. The smallest absolute Gasteiger partial charge is 0.234 e. The average Bonchev–Trinajstić information content (AvgIpc) is 3.11. The lowest BCUT2D eigenvalue weighted by Gasteiger charge is -2.20. The number of nitrogens with zero attached hydrogens (tertiary/aromatic N) is 5. The number of hydrogen-bond donors (Lipinski definition) is 1. The summed E-state index contributed by atoms with van der Waals surface area (Å²) in [5.41, 5.74) is 6.62. The Balaban J connectivity index is 1.89. The standard InChI is InChI=1S/C14H17FN6O/c1-9-4-5-10(15)12(7-9)21-13(17-18-19-21)8-20-6-2-3-11(20)14(16)22/h4-5,7,11H,2-3,6,8H2,1H3,(H2,16,22)/t11-/m1/s1. The summed E-state index contributed by atoms with van der Waals surface area (Å²) < 4.78 is 15.4. The highest BCUT2D eigenvalue weighted by atomic mass is 19.1. The van der Waals surface area contributed by atoms with E-state index in [0.717, 1.165) is 24.9 Å². The number of likely N-dealkylation sites (tertiary alicyclic amines) is 1. The third-order valence-electron chi connectivity index (χ3n) is 3.90. The second kappa shape index (κ2) is 5.80.